The molecule has 1 aliphatic rings. The lowest BCUT2D eigenvalue weighted by Gasteiger charge is -2.36. The van der Waals surface area contributed by atoms with Crippen LogP contribution in [0.15, 0.2) is 79.1 Å². The highest BCUT2D eigenvalue weighted by molar-refractivity contribution is 5.85. The normalized spacial score (nSPS) is 16.6. The summed E-state index contributed by atoms with van der Waals surface area (Å²) in [6.45, 7) is 1.51. The summed E-state index contributed by atoms with van der Waals surface area (Å²) in [5, 5.41) is 1.23. The molecule has 0 fully saturated rings. The topological polar surface area (TPSA) is 44.8 Å². The molecule has 0 saturated carbocycles. The number of H-pyrrole nitrogens is 1. The standard InChI is InChI=1S/C26H21FN4/c27-21-9-3-1-8-20(21)26-25-19(18-7-2-4-10-22(18)30-25)12-15-31(26)16-17-6-5-11-23-24(17)29-14-13-28-23/h1-11,13-14,26,30H,12,15-16H2/t26-/m1/s1. The van der Waals surface area contributed by atoms with Crippen LogP contribution in [0.5, 0.6) is 0 Å². The predicted octanol–water partition coefficient (Wildman–Crippen LogP) is 5.40. The second-order valence-corrected chi connectivity index (χ2v) is 8.05. The van der Waals surface area contributed by atoms with Gasteiger partial charge >= 0.3 is 0 Å². The van der Waals surface area contributed by atoms with Crippen molar-refractivity contribution in [3.63, 3.8) is 0 Å². The van der Waals surface area contributed by atoms with E-state index in [2.05, 4.69) is 44.1 Å². The average molecular weight is 408 g/mol. The molecule has 31 heavy (non-hydrogen) atoms. The van der Waals surface area contributed by atoms with Crippen LogP contribution >= 0.6 is 0 Å². The van der Waals surface area contributed by atoms with Crippen LogP contribution in [-0.2, 0) is 13.0 Å². The zero-order chi connectivity index (χ0) is 20.8. The predicted molar refractivity (Wildman–Crippen MR) is 120 cm³/mol. The number of para-hydroxylation sites is 2. The van der Waals surface area contributed by atoms with E-state index in [-0.39, 0.29) is 11.9 Å². The number of halogens is 1. The molecule has 0 bridgehead atoms. The Bertz CT molecular complexity index is 1400. The molecule has 2 aromatic heterocycles. The van der Waals surface area contributed by atoms with Crippen molar-refractivity contribution >= 4 is 21.9 Å². The summed E-state index contributed by atoms with van der Waals surface area (Å²) in [6.07, 6.45) is 4.36. The Balaban J connectivity index is 1.50. The molecule has 5 heteroatoms. The molecule has 3 heterocycles. The van der Waals surface area contributed by atoms with Gasteiger partial charge in [0.1, 0.15) is 5.82 Å². The second-order valence-electron chi connectivity index (χ2n) is 8.05. The molecule has 5 aromatic rings. The van der Waals surface area contributed by atoms with Crippen LogP contribution in [0.2, 0.25) is 0 Å². The van der Waals surface area contributed by atoms with E-state index < -0.39 is 0 Å². The highest BCUT2D eigenvalue weighted by Gasteiger charge is 2.33. The molecule has 0 saturated heterocycles. The van der Waals surface area contributed by atoms with Crippen molar-refractivity contribution < 1.29 is 4.39 Å². The Hall–Kier alpha value is -3.57. The number of hydrogen-bond donors (Lipinski definition) is 1. The lowest BCUT2D eigenvalue weighted by Crippen LogP contribution is -2.36. The maximum atomic E-state index is 15.0. The average Bonchev–Trinajstić information content (AvgIpc) is 3.19. The molecule has 0 unspecified atom stereocenters. The number of fused-ring (bicyclic) bond motifs is 4. The van der Waals surface area contributed by atoms with Crippen LogP contribution in [0.25, 0.3) is 21.9 Å². The molecular weight excluding hydrogens is 387 g/mol. The molecule has 0 spiro atoms. The molecule has 6 rings (SSSR count). The fraction of sp³-hybridized carbons (Fsp3) is 0.154. The maximum Gasteiger partial charge on any atom is 0.128 e. The highest BCUT2D eigenvalue weighted by Crippen LogP contribution is 2.40. The number of aromatic amines is 1. The largest absolute Gasteiger partial charge is 0.357 e. The SMILES string of the molecule is Fc1ccccc1[C@@H]1c2[nH]c3ccccc3c2CCN1Cc1cccc2nccnc12. The highest BCUT2D eigenvalue weighted by atomic mass is 19.1. The molecule has 1 atom stereocenters. The minimum atomic E-state index is -0.190. The molecule has 4 nitrogen and oxygen atoms in total. The van der Waals surface area contributed by atoms with Crippen molar-refractivity contribution in [3.05, 3.63) is 107 Å². The lowest BCUT2D eigenvalue weighted by molar-refractivity contribution is 0.199. The monoisotopic (exact) mass is 408 g/mol. The number of benzene rings is 3. The summed E-state index contributed by atoms with van der Waals surface area (Å²) in [4.78, 5) is 15.0. The van der Waals surface area contributed by atoms with Gasteiger partial charge in [0.25, 0.3) is 0 Å². The van der Waals surface area contributed by atoms with E-state index in [9.17, 15) is 0 Å². The molecule has 0 aliphatic carbocycles. The van der Waals surface area contributed by atoms with Gasteiger partial charge in [-0.1, -0.05) is 48.5 Å². The molecule has 3 aromatic carbocycles. The third-order valence-corrected chi connectivity index (χ3v) is 6.29. The molecule has 0 amide bonds. The van der Waals surface area contributed by atoms with Gasteiger partial charge in [-0.2, -0.15) is 0 Å². The van der Waals surface area contributed by atoms with Crippen molar-refractivity contribution in [2.75, 3.05) is 6.54 Å². The van der Waals surface area contributed by atoms with Crippen molar-refractivity contribution in [1.29, 1.82) is 0 Å². The first-order valence-corrected chi connectivity index (χ1v) is 10.6. The maximum absolute atomic E-state index is 15.0. The quantitative estimate of drug-likeness (QED) is 0.435. The number of hydrogen-bond acceptors (Lipinski definition) is 3. The zero-order valence-corrected chi connectivity index (χ0v) is 16.9. The summed E-state index contributed by atoms with van der Waals surface area (Å²) in [6, 6.07) is 21.4. The number of aromatic nitrogens is 3. The summed E-state index contributed by atoms with van der Waals surface area (Å²) in [5.74, 6) is -0.179. The van der Waals surface area contributed by atoms with Crippen molar-refractivity contribution in [3.8, 4) is 0 Å². The third-order valence-electron chi connectivity index (χ3n) is 6.29. The van der Waals surface area contributed by atoms with E-state index in [1.807, 2.05) is 30.3 Å². The van der Waals surface area contributed by atoms with E-state index in [0.717, 1.165) is 40.8 Å². The van der Waals surface area contributed by atoms with Crippen LogP contribution < -0.4 is 0 Å². The van der Waals surface area contributed by atoms with Crippen LogP contribution in [-0.4, -0.2) is 26.4 Å². The summed E-state index contributed by atoms with van der Waals surface area (Å²) < 4.78 is 15.0. The number of rotatable bonds is 3. The van der Waals surface area contributed by atoms with E-state index >= 15 is 4.39 Å². The van der Waals surface area contributed by atoms with E-state index in [1.54, 1.807) is 24.5 Å². The van der Waals surface area contributed by atoms with Gasteiger partial charge in [-0.3, -0.25) is 14.9 Å². The van der Waals surface area contributed by atoms with Gasteiger partial charge in [-0.25, -0.2) is 4.39 Å². The Morgan fingerprint density at radius 2 is 1.77 bits per heavy atom. The van der Waals surface area contributed by atoms with Gasteiger partial charge in [0.05, 0.1) is 17.1 Å². The molecule has 152 valence electrons. The smallest absolute Gasteiger partial charge is 0.128 e. The van der Waals surface area contributed by atoms with E-state index in [4.69, 9.17) is 0 Å². The Morgan fingerprint density at radius 1 is 0.935 bits per heavy atom. The van der Waals surface area contributed by atoms with Gasteiger partial charge in [0, 0.05) is 47.6 Å². The van der Waals surface area contributed by atoms with Crippen LogP contribution in [0, 0.1) is 5.82 Å². The first kappa shape index (κ1) is 18.2. The first-order valence-electron chi connectivity index (χ1n) is 10.6. The Morgan fingerprint density at radius 3 is 2.71 bits per heavy atom. The lowest BCUT2D eigenvalue weighted by atomic mass is 9.91. The van der Waals surface area contributed by atoms with Gasteiger partial charge in [0.2, 0.25) is 0 Å². The molecular formula is C26H21FN4. The van der Waals surface area contributed by atoms with E-state index in [0.29, 0.717) is 12.1 Å². The molecule has 1 N–H and O–H groups in total. The van der Waals surface area contributed by atoms with E-state index in [1.165, 1.54) is 10.9 Å². The van der Waals surface area contributed by atoms with Crippen LogP contribution in [0.4, 0.5) is 4.39 Å². The third kappa shape index (κ3) is 3.01. The van der Waals surface area contributed by atoms with Crippen molar-refractivity contribution in [2.24, 2.45) is 0 Å². The minimum Gasteiger partial charge on any atom is -0.357 e. The van der Waals surface area contributed by atoms with Gasteiger partial charge < -0.3 is 4.98 Å². The molecule has 0 radical (unpaired) electrons. The summed E-state index contributed by atoms with van der Waals surface area (Å²) in [7, 11) is 0. The zero-order valence-electron chi connectivity index (χ0n) is 16.9. The number of nitrogens with one attached hydrogen (secondary N) is 1. The fourth-order valence-corrected chi connectivity index (χ4v) is 4.91. The first-order chi connectivity index (χ1) is 15.3. The fourth-order valence-electron chi connectivity index (χ4n) is 4.91. The van der Waals surface area contributed by atoms with Gasteiger partial charge in [-0.05, 0) is 35.7 Å². The van der Waals surface area contributed by atoms with Crippen molar-refractivity contribution in [2.45, 2.75) is 19.0 Å². The number of nitrogens with zero attached hydrogens (tertiary/aromatic N) is 3. The Labute approximate surface area is 179 Å². The summed E-state index contributed by atoms with van der Waals surface area (Å²) in [5.41, 5.74) is 7.06. The van der Waals surface area contributed by atoms with Crippen LogP contribution in [0.1, 0.15) is 28.4 Å². The van der Waals surface area contributed by atoms with Crippen LogP contribution in [0.3, 0.4) is 0 Å². The van der Waals surface area contributed by atoms with Crippen molar-refractivity contribution in [1.82, 2.24) is 19.9 Å². The van der Waals surface area contributed by atoms with Gasteiger partial charge in [-0.15, -0.1) is 0 Å². The molecule has 1 aliphatic heterocycles. The second kappa shape index (κ2) is 7.29. The minimum absolute atomic E-state index is 0.179. The van der Waals surface area contributed by atoms with Gasteiger partial charge in [0.15, 0.2) is 0 Å². The summed E-state index contributed by atoms with van der Waals surface area (Å²) >= 11 is 0. The Kier molecular flexibility index (Phi) is 4.28.